The lowest BCUT2D eigenvalue weighted by Crippen LogP contribution is -2.24. The lowest BCUT2D eigenvalue weighted by Gasteiger charge is -2.30. The van der Waals surface area contributed by atoms with Gasteiger partial charge in [0.2, 0.25) is 0 Å². The van der Waals surface area contributed by atoms with Crippen LogP contribution in [0, 0.1) is 20.8 Å². The van der Waals surface area contributed by atoms with Gasteiger partial charge in [0.25, 0.3) is 0 Å². The Morgan fingerprint density at radius 2 is 1.32 bits per heavy atom. The molecule has 0 amide bonds. The van der Waals surface area contributed by atoms with Gasteiger partial charge in [-0.05, 0) is 78.4 Å². The summed E-state index contributed by atoms with van der Waals surface area (Å²) >= 11 is 1.80. The number of fused-ring (bicyclic) bond motifs is 5. The molecule has 0 fully saturated rings. The predicted molar refractivity (Wildman–Crippen MR) is 166 cm³/mol. The highest BCUT2D eigenvalue weighted by molar-refractivity contribution is 7.23. The number of Topliss-reactive ketones (excluding diaryl/α,β-unsaturated/α-hetero) is 2. The fraction of sp³-hybridized carbons (Fsp3) is 0.167. The number of anilines is 2. The van der Waals surface area contributed by atoms with E-state index in [0.717, 1.165) is 22.2 Å². The Morgan fingerprint density at radius 3 is 1.95 bits per heavy atom. The Balaban J connectivity index is 1.43. The van der Waals surface area contributed by atoms with Crippen LogP contribution in [-0.2, 0) is 5.41 Å². The van der Waals surface area contributed by atoms with Crippen molar-refractivity contribution in [2.24, 2.45) is 0 Å². The van der Waals surface area contributed by atoms with E-state index in [9.17, 15) is 9.59 Å². The van der Waals surface area contributed by atoms with E-state index in [2.05, 4.69) is 75.9 Å². The van der Waals surface area contributed by atoms with Gasteiger partial charge in [-0.2, -0.15) is 0 Å². The van der Waals surface area contributed by atoms with Gasteiger partial charge in [0, 0.05) is 32.5 Å². The number of ketones is 2. The zero-order valence-corrected chi connectivity index (χ0v) is 24.1. The first-order chi connectivity index (χ1) is 19.2. The van der Waals surface area contributed by atoms with Crippen LogP contribution in [0.4, 0.5) is 10.7 Å². The first-order valence-corrected chi connectivity index (χ1v) is 14.4. The summed E-state index contributed by atoms with van der Waals surface area (Å²) in [6.07, 6.45) is 3.77. The van der Waals surface area contributed by atoms with Gasteiger partial charge in [0.05, 0.1) is 11.3 Å². The highest BCUT2D eigenvalue weighted by Crippen LogP contribution is 2.58. The van der Waals surface area contributed by atoms with Crippen LogP contribution in [0.1, 0.15) is 56.8 Å². The Kier molecular flexibility index (Phi) is 5.32. The quantitative estimate of drug-likeness (QED) is 0.166. The smallest absolute Gasteiger partial charge is 0.197 e. The third kappa shape index (κ3) is 3.42. The second-order valence-electron chi connectivity index (χ2n) is 11.5. The molecule has 1 aliphatic carbocycles. The molecular weight excluding hydrogens is 510 g/mol. The molecule has 40 heavy (non-hydrogen) atoms. The third-order valence-electron chi connectivity index (χ3n) is 8.42. The largest absolute Gasteiger partial charge is 0.304 e. The van der Waals surface area contributed by atoms with Crippen LogP contribution < -0.4 is 4.90 Å². The number of thiophene rings is 1. The fourth-order valence-corrected chi connectivity index (χ4v) is 8.05. The van der Waals surface area contributed by atoms with Crippen LogP contribution >= 0.6 is 11.3 Å². The predicted octanol–water partition coefficient (Wildman–Crippen LogP) is 9.30. The van der Waals surface area contributed by atoms with E-state index in [1.54, 1.807) is 17.4 Å². The molecule has 4 heteroatoms. The molecule has 3 nitrogen and oxygen atoms in total. The number of nitrogens with zero attached hydrogens (tertiary/aromatic N) is 1. The van der Waals surface area contributed by atoms with Crippen molar-refractivity contribution in [3.63, 3.8) is 0 Å². The van der Waals surface area contributed by atoms with Gasteiger partial charge in [-0.15, -0.1) is 11.3 Å². The summed E-state index contributed by atoms with van der Waals surface area (Å²) in [5.41, 5.74) is 8.00. The molecule has 1 aromatic heterocycles. The molecule has 0 saturated carbocycles. The zero-order valence-electron chi connectivity index (χ0n) is 23.3. The molecule has 196 valence electrons. The van der Waals surface area contributed by atoms with Crippen LogP contribution in [0.25, 0.3) is 20.9 Å². The molecule has 5 aromatic rings. The highest BCUT2D eigenvalue weighted by atomic mass is 32.1. The number of allylic oxidation sites excluding steroid dienone is 4. The number of carbonyl (C=O) groups excluding carboxylic acids is 2. The molecule has 4 aromatic carbocycles. The summed E-state index contributed by atoms with van der Waals surface area (Å²) in [6, 6.07) is 24.6. The summed E-state index contributed by atoms with van der Waals surface area (Å²) < 4.78 is 1.26. The van der Waals surface area contributed by atoms with Crippen molar-refractivity contribution < 1.29 is 9.59 Å². The van der Waals surface area contributed by atoms with Crippen LogP contribution in [0.5, 0.6) is 0 Å². The summed E-state index contributed by atoms with van der Waals surface area (Å²) in [7, 11) is 0. The van der Waals surface area contributed by atoms with Crippen molar-refractivity contribution in [1.82, 2.24) is 0 Å². The van der Waals surface area contributed by atoms with Crippen molar-refractivity contribution in [2.45, 2.75) is 40.0 Å². The molecule has 1 aliphatic heterocycles. The van der Waals surface area contributed by atoms with Gasteiger partial charge in [0.1, 0.15) is 5.00 Å². The lowest BCUT2D eigenvalue weighted by atomic mass is 9.83. The van der Waals surface area contributed by atoms with E-state index >= 15 is 0 Å². The number of rotatable bonds is 2. The number of hydrogen-bond acceptors (Lipinski definition) is 4. The second-order valence-corrected chi connectivity index (χ2v) is 12.6. The Morgan fingerprint density at radius 1 is 0.750 bits per heavy atom. The molecular formula is C36H29NO2S. The SMILES string of the molecule is Cc1cc(C)c(N2/C(=C/C=C3C(=O)c4cc5ccccc5cc4C3=O)C(C)(C)c3c2sc2ccccc32)c(C)c1. The van der Waals surface area contributed by atoms with E-state index < -0.39 is 0 Å². The molecule has 0 unspecified atom stereocenters. The minimum Gasteiger partial charge on any atom is -0.304 e. The van der Waals surface area contributed by atoms with E-state index in [-0.39, 0.29) is 22.6 Å². The van der Waals surface area contributed by atoms with Crippen LogP contribution in [-0.4, -0.2) is 11.6 Å². The molecule has 2 heterocycles. The van der Waals surface area contributed by atoms with Crippen LogP contribution in [0.2, 0.25) is 0 Å². The van der Waals surface area contributed by atoms with Gasteiger partial charge in [-0.3, -0.25) is 9.59 Å². The maximum absolute atomic E-state index is 13.5. The summed E-state index contributed by atoms with van der Waals surface area (Å²) in [5.74, 6) is -0.402. The maximum Gasteiger partial charge on any atom is 0.197 e. The van der Waals surface area contributed by atoms with Gasteiger partial charge >= 0.3 is 0 Å². The van der Waals surface area contributed by atoms with Crippen LogP contribution in [0.3, 0.4) is 0 Å². The molecule has 0 radical (unpaired) electrons. The molecule has 2 aliphatic rings. The molecule has 0 spiro atoms. The maximum atomic E-state index is 13.5. The molecule has 0 bridgehead atoms. The van der Waals surface area contributed by atoms with E-state index in [1.165, 1.54) is 37.3 Å². The lowest BCUT2D eigenvalue weighted by molar-refractivity contribution is 0.0988. The molecule has 0 atom stereocenters. The minimum atomic E-state index is -0.345. The fourth-order valence-electron chi connectivity index (χ4n) is 6.66. The van der Waals surface area contributed by atoms with Crippen molar-refractivity contribution in [1.29, 1.82) is 0 Å². The Hall–Kier alpha value is -4.28. The summed E-state index contributed by atoms with van der Waals surface area (Å²) in [4.78, 5) is 29.4. The van der Waals surface area contributed by atoms with Crippen molar-refractivity contribution in [3.8, 4) is 0 Å². The highest BCUT2D eigenvalue weighted by Gasteiger charge is 2.44. The first kappa shape index (κ1) is 24.7. The van der Waals surface area contributed by atoms with Gasteiger partial charge in [0.15, 0.2) is 11.6 Å². The third-order valence-corrected chi connectivity index (χ3v) is 9.57. The van der Waals surface area contributed by atoms with E-state index in [4.69, 9.17) is 0 Å². The molecule has 7 rings (SSSR count). The van der Waals surface area contributed by atoms with Crippen LogP contribution in [0.15, 0.2) is 96.2 Å². The van der Waals surface area contributed by atoms with Gasteiger partial charge in [-0.25, -0.2) is 0 Å². The van der Waals surface area contributed by atoms with Gasteiger partial charge in [-0.1, -0.05) is 74.0 Å². The summed E-state index contributed by atoms with van der Waals surface area (Å²) in [5, 5.41) is 4.38. The van der Waals surface area contributed by atoms with E-state index in [1.807, 2.05) is 42.5 Å². The van der Waals surface area contributed by atoms with Crippen molar-refractivity contribution in [2.75, 3.05) is 4.90 Å². The monoisotopic (exact) mass is 539 g/mol. The average Bonchev–Trinajstić information content (AvgIpc) is 3.48. The molecule has 0 saturated heterocycles. The normalized spacial score (nSPS) is 16.9. The average molecular weight is 540 g/mol. The topological polar surface area (TPSA) is 37.4 Å². The second kappa shape index (κ2) is 8.61. The van der Waals surface area contributed by atoms with Gasteiger partial charge < -0.3 is 4.90 Å². The van der Waals surface area contributed by atoms with Crippen molar-refractivity contribution >= 4 is 54.5 Å². The zero-order chi connectivity index (χ0) is 27.9. The number of aryl methyl sites for hydroxylation is 3. The summed E-state index contributed by atoms with van der Waals surface area (Å²) in [6.45, 7) is 10.9. The number of carbonyl (C=O) groups is 2. The molecule has 0 N–H and O–H groups in total. The Labute approximate surface area is 238 Å². The Bertz CT molecular complexity index is 1920. The first-order valence-electron chi connectivity index (χ1n) is 13.6. The van der Waals surface area contributed by atoms with E-state index in [0.29, 0.717) is 11.1 Å². The standard InChI is InChI=1S/C36H29NO2S/c1-20-16-21(2)32(22(3)17-20)37-30(36(4,5)31-25-12-8-9-13-29(25)40-35(31)37)15-14-26-33(38)27-18-23-10-6-7-11-24(23)19-28(27)34(26)39/h6-19H,1-5H3/b30-15+. The number of benzene rings is 4. The van der Waals surface area contributed by atoms with Crippen molar-refractivity contribution in [3.05, 3.63) is 130 Å². The number of hydrogen-bond donors (Lipinski definition) is 0. The minimum absolute atomic E-state index is 0.201.